The molecular formula is C19H22ClN3O3. The average Bonchev–Trinajstić information content (AvgIpc) is 2.67. The number of hydrogen-bond acceptors (Lipinski definition) is 5. The maximum atomic E-state index is 12.8. The highest BCUT2D eigenvalue weighted by atomic mass is 35.5. The Labute approximate surface area is 158 Å². The van der Waals surface area contributed by atoms with Crippen LogP contribution in [0, 0.1) is 0 Å². The number of nitrogens with one attached hydrogen (secondary N) is 1. The van der Waals surface area contributed by atoms with Gasteiger partial charge in [-0.05, 0) is 37.1 Å². The zero-order chi connectivity index (χ0) is 18.5. The van der Waals surface area contributed by atoms with E-state index < -0.39 is 0 Å². The lowest BCUT2D eigenvalue weighted by atomic mass is 10.0. The predicted molar refractivity (Wildman–Crippen MR) is 101 cm³/mol. The molecule has 0 aliphatic carbocycles. The summed E-state index contributed by atoms with van der Waals surface area (Å²) in [6.45, 7) is 1.37. The van der Waals surface area contributed by atoms with Crippen LogP contribution in [0.15, 0.2) is 36.5 Å². The van der Waals surface area contributed by atoms with Crippen LogP contribution < -0.4 is 14.8 Å². The first-order chi connectivity index (χ1) is 12.6. The van der Waals surface area contributed by atoms with Gasteiger partial charge in [-0.1, -0.05) is 11.6 Å². The summed E-state index contributed by atoms with van der Waals surface area (Å²) in [4.78, 5) is 18.7. The Balaban J connectivity index is 1.62. The molecule has 1 aliphatic heterocycles. The van der Waals surface area contributed by atoms with Crippen LogP contribution in [0.5, 0.6) is 11.5 Å². The Morgan fingerprint density at radius 2 is 1.96 bits per heavy atom. The number of piperidine rings is 1. The molecule has 26 heavy (non-hydrogen) atoms. The molecule has 0 spiro atoms. The van der Waals surface area contributed by atoms with Gasteiger partial charge in [0.2, 0.25) is 0 Å². The summed E-state index contributed by atoms with van der Waals surface area (Å²) in [5.41, 5.74) is 1.51. The lowest BCUT2D eigenvalue weighted by Gasteiger charge is -2.33. The number of ether oxygens (including phenoxy) is 2. The number of anilines is 1. The van der Waals surface area contributed by atoms with Crippen LogP contribution in [-0.2, 0) is 0 Å². The minimum absolute atomic E-state index is 0.0186. The van der Waals surface area contributed by atoms with Crippen molar-refractivity contribution in [1.29, 1.82) is 0 Å². The summed E-state index contributed by atoms with van der Waals surface area (Å²) >= 11 is 5.92. The summed E-state index contributed by atoms with van der Waals surface area (Å²) in [7, 11) is 3.14. The highest BCUT2D eigenvalue weighted by Gasteiger charge is 2.25. The molecule has 1 amide bonds. The van der Waals surface area contributed by atoms with Crippen molar-refractivity contribution in [3.05, 3.63) is 47.2 Å². The van der Waals surface area contributed by atoms with E-state index in [1.807, 2.05) is 11.0 Å². The summed E-state index contributed by atoms with van der Waals surface area (Å²) in [6.07, 6.45) is 3.41. The molecule has 138 valence electrons. The predicted octanol–water partition coefficient (Wildman–Crippen LogP) is 3.47. The molecule has 0 bridgehead atoms. The van der Waals surface area contributed by atoms with Crippen molar-refractivity contribution in [2.45, 2.75) is 18.9 Å². The Morgan fingerprint density at radius 3 is 2.62 bits per heavy atom. The quantitative estimate of drug-likeness (QED) is 0.811. The second kappa shape index (κ2) is 8.27. The third-order valence-corrected chi connectivity index (χ3v) is 4.73. The van der Waals surface area contributed by atoms with E-state index >= 15 is 0 Å². The van der Waals surface area contributed by atoms with Crippen molar-refractivity contribution in [3.8, 4) is 11.5 Å². The number of halogens is 1. The largest absolute Gasteiger partial charge is 0.497 e. The second-order valence-corrected chi connectivity index (χ2v) is 6.53. The Bertz CT molecular complexity index is 776. The minimum atomic E-state index is -0.0186. The number of benzene rings is 1. The second-order valence-electron chi connectivity index (χ2n) is 6.14. The van der Waals surface area contributed by atoms with E-state index in [0.717, 1.165) is 18.5 Å². The SMILES string of the molecule is COc1ccc(C(=O)N2CCC(Nc3ccnc(Cl)c3)CC2)c(OC)c1. The van der Waals surface area contributed by atoms with Crippen LogP contribution >= 0.6 is 11.6 Å². The first-order valence-corrected chi connectivity index (χ1v) is 8.88. The maximum Gasteiger partial charge on any atom is 0.257 e. The number of carbonyl (C=O) groups is 1. The molecule has 6 nitrogen and oxygen atoms in total. The Morgan fingerprint density at radius 1 is 1.19 bits per heavy atom. The molecule has 0 atom stereocenters. The van der Waals surface area contributed by atoms with Gasteiger partial charge in [0, 0.05) is 37.1 Å². The number of aromatic nitrogens is 1. The molecule has 1 aromatic carbocycles. The molecule has 3 rings (SSSR count). The first kappa shape index (κ1) is 18.3. The molecule has 0 saturated carbocycles. The summed E-state index contributed by atoms with van der Waals surface area (Å²) in [6, 6.07) is 9.26. The number of rotatable bonds is 5. The minimum Gasteiger partial charge on any atom is -0.497 e. The number of amides is 1. The zero-order valence-corrected chi connectivity index (χ0v) is 15.6. The topological polar surface area (TPSA) is 63.7 Å². The van der Waals surface area contributed by atoms with Crippen molar-refractivity contribution in [2.24, 2.45) is 0 Å². The average molecular weight is 376 g/mol. The van der Waals surface area contributed by atoms with E-state index in [0.29, 0.717) is 41.3 Å². The van der Waals surface area contributed by atoms with E-state index in [9.17, 15) is 4.79 Å². The standard InChI is InChI=1S/C19H22ClN3O3/c1-25-15-3-4-16(17(12-15)26-2)19(24)23-9-6-13(7-10-23)22-14-5-8-21-18(20)11-14/h3-5,8,11-13H,6-7,9-10H2,1-2H3,(H,21,22). The van der Waals surface area contributed by atoms with Gasteiger partial charge in [0.25, 0.3) is 5.91 Å². The van der Waals surface area contributed by atoms with Crippen LogP contribution in [0.4, 0.5) is 5.69 Å². The number of carbonyl (C=O) groups excluding carboxylic acids is 1. The smallest absolute Gasteiger partial charge is 0.257 e. The monoisotopic (exact) mass is 375 g/mol. The van der Waals surface area contributed by atoms with Gasteiger partial charge in [-0.25, -0.2) is 4.98 Å². The number of pyridine rings is 1. The van der Waals surface area contributed by atoms with E-state index in [-0.39, 0.29) is 5.91 Å². The van der Waals surface area contributed by atoms with Crippen LogP contribution in [-0.4, -0.2) is 49.1 Å². The lowest BCUT2D eigenvalue weighted by Crippen LogP contribution is -2.42. The molecular weight excluding hydrogens is 354 g/mol. The fourth-order valence-electron chi connectivity index (χ4n) is 3.10. The van der Waals surface area contributed by atoms with Gasteiger partial charge in [0.15, 0.2) is 0 Å². The first-order valence-electron chi connectivity index (χ1n) is 8.50. The van der Waals surface area contributed by atoms with Crippen LogP contribution in [0.1, 0.15) is 23.2 Å². The molecule has 1 saturated heterocycles. The van der Waals surface area contributed by atoms with Crippen molar-refractivity contribution < 1.29 is 14.3 Å². The highest BCUT2D eigenvalue weighted by molar-refractivity contribution is 6.29. The van der Waals surface area contributed by atoms with Gasteiger partial charge in [0.05, 0.1) is 19.8 Å². The molecule has 0 radical (unpaired) electrons. The van der Waals surface area contributed by atoms with Crippen LogP contribution in [0.2, 0.25) is 5.15 Å². The lowest BCUT2D eigenvalue weighted by molar-refractivity contribution is 0.0715. The van der Waals surface area contributed by atoms with E-state index in [4.69, 9.17) is 21.1 Å². The fourth-order valence-corrected chi connectivity index (χ4v) is 3.27. The van der Waals surface area contributed by atoms with Crippen molar-refractivity contribution >= 4 is 23.2 Å². The number of methoxy groups -OCH3 is 2. The normalized spacial score (nSPS) is 14.8. The Kier molecular flexibility index (Phi) is 5.83. The maximum absolute atomic E-state index is 12.8. The van der Waals surface area contributed by atoms with E-state index in [1.165, 1.54) is 0 Å². The van der Waals surface area contributed by atoms with E-state index in [2.05, 4.69) is 10.3 Å². The van der Waals surface area contributed by atoms with Crippen LogP contribution in [0.25, 0.3) is 0 Å². The molecule has 1 aromatic heterocycles. The van der Waals surface area contributed by atoms with Crippen molar-refractivity contribution in [1.82, 2.24) is 9.88 Å². The van der Waals surface area contributed by atoms with Crippen molar-refractivity contribution in [3.63, 3.8) is 0 Å². The third-order valence-electron chi connectivity index (χ3n) is 4.52. The fraction of sp³-hybridized carbons (Fsp3) is 0.368. The number of hydrogen-bond donors (Lipinski definition) is 1. The molecule has 2 heterocycles. The molecule has 1 aliphatic rings. The van der Waals surface area contributed by atoms with Gasteiger partial charge in [-0.3, -0.25) is 4.79 Å². The van der Waals surface area contributed by atoms with Gasteiger partial charge in [-0.2, -0.15) is 0 Å². The highest BCUT2D eigenvalue weighted by Crippen LogP contribution is 2.27. The number of nitrogens with zero attached hydrogens (tertiary/aromatic N) is 2. The van der Waals surface area contributed by atoms with Gasteiger partial charge < -0.3 is 19.7 Å². The molecule has 0 unspecified atom stereocenters. The van der Waals surface area contributed by atoms with Gasteiger partial charge >= 0.3 is 0 Å². The van der Waals surface area contributed by atoms with E-state index in [1.54, 1.807) is 44.7 Å². The molecule has 1 N–H and O–H groups in total. The summed E-state index contributed by atoms with van der Waals surface area (Å²) < 4.78 is 10.5. The third kappa shape index (κ3) is 4.19. The molecule has 7 heteroatoms. The Hall–Kier alpha value is -2.47. The zero-order valence-electron chi connectivity index (χ0n) is 14.9. The van der Waals surface area contributed by atoms with Crippen LogP contribution in [0.3, 0.4) is 0 Å². The molecule has 1 fully saturated rings. The molecule has 2 aromatic rings. The summed E-state index contributed by atoms with van der Waals surface area (Å²) in [5.74, 6) is 1.17. The summed E-state index contributed by atoms with van der Waals surface area (Å²) in [5, 5.41) is 3.92. The number of likely N-dealkylation sites (tertiary alicyclic amines) is 1. The van der Waals surface area contributed by atoms with Gasteiger partial charge in [-0.15, -0.1) is 0 Å². The van der Waals surface area contributed by atoms with Crippen molar-refractivity contribution in [2.75, 3.05) is 32.6 Å². The van der Waals surface area contributed by atoms with Gasteiger partial charge in [0.1, 0.15) is 16.7 Å².